The number of nitrogens with zero attached hydrogens (tertiary/aromatic N) is 1. The van der Waals surface area contributed by atoms with Crippen molar-refractivity contribution in [1.82, 2.24) is 10.7 Å². The fraction of sp³-hybridized carbons (Fsp3) is 0.0400. The van der Waals surface area contributed by atoms with E-state index < -0.39 is 23.6 Å². The Morgan fingerprint density at radius 2 is 1.71 bits per heavy atom. The van der Waals surface area contributed by atoms with Gasteiger partial charge in [-0.3, -0.25) is 9.59 Å². The molecule has 1 heterocycles. The second-order valence-corrected chi connectivity index (χ2v) is 8.58. The molecule has 0 unspecified atom stereocenters. The van der Waals surface area contributed by atoms with Gasteiger partial charge in [-0.15, -0.1) is 11.3 Å². The second kappa shape index (κ2) is 10.9. The molecule has 2 N–H and O–H groups in total. The summed E-state index contributed by atoms with van der Waals surface area (Å²) >= 11 is 7.60. The number of halogens is 2. The Balaban J connectivity index is 1.36. The summed E-state index contributed by atoms with van der Waals surface area (Å²) in [6.07, 6.45) is 1.31. The number of esters is 1. The summed E-state index contributed by atoms with van der Waals surface area (Å²) in [5.74, 6) is -1.95. The molecule has 7 nitrogen and oxygen atoms in total. The molecule has 0 spiro atoms. The van der Waals surface area contributed by atoms with Crippen molar-refractivity contribution in [2.24, 2.45) is 5.10 Å². The highest BCUT2D eigenvalue weighted by atomic mass is 35.5. The Hall–Kier alpha value is -4.08. The molecule has 0 fully saturated rings. The molecule has 2 amide bonds. The van der Waals surface area contributed by atoms with E-state index in [1.54, 1.807) is 24.3 Å². The number of hydrazone groups is 1. The summed E-state index contributed by atoms with van der Waals surface area (Å²) in [6, 6.07) is 19.0. The molecule has 176 valence electrons. The van der Waals surface area contributed by atoms with E-state index in [-0.39, 0.29) is 22.7 Å². The number of nitrogens with one attached hydrogen (secondary N) is 2. The lowest BCUT2D eigenvalue weighted by molar-refractivity contribution is -0.120. The Morgan fingerprint density at radius 3 is 2.49 bits per heavy atom. The molecule has 0 aliphatic rings. The average molecular weight is 510 g/mol. The van der Waals surface area contributed by atoms with Crippen LogP contribution in [0.2, 0.25) is 5.02 Å². The van der Waals surface area contributed by atoms with Crippen LogP contribution in [-0.2, 0) is 4.79 Å². The first-order chi connectivity index (χ1) is 16.9. The number of ether oxygens (including phenoxy) is 1. The molecule has 0 saturated heterocycles. The van der Waals surface area contributed by atoms with Crippen molar-refractivity contribution in [3.63, 3.8) is 0 Å². The molecule has 0 radical (unpaired) electrons. The minimum atomic E-state index is -0.607. The molecule has 1 aromatic heterocycles. The molecule has 4 rings (SSSR count). The lowest BCUT2D eigenvalue weighted by atomic mass is 10.2. The van der Waals surface area contributed by atoms with Crippen LogP contribution in [0.4, 0.5) is 4.39 Å². The fourth-order valence-corrected chi connectivity index (χ4v) is 4.43. The topological polar surface area (TPSA) is 96.9 Å². The number of rotatable bonds is 7. The summed E-state index contributed by atoms with van der Waals surface area (Å²) in [5.41, 5.74) is 2.94. The van der Waals surface area contributed by atoms with Gasteiger partial charge >= 0.3 is 5.97 Å². The molecule has 0 saturated carbocycles. The maximum atomic E-state index is 12.9. The summed E-state index contributed by atoms with van der Waals surface area (Å²) in [7, 11) is 0. The van der Waals surface area contributed by atoms with Crippen molar-refractivity contribution >= 4 is 57.0 Å². The maximum absolute atomic E-state index is 12.9. The number of amides is 2. The number of carbonyl (C=O) groups excluding carboxylic acids is 3. The molecule has 0 aliphatic heterocycles. The molecular formula is C25H17ClFN3O4S. The van der Waals surface area contributed by atoms with Crippen molar-refractivity contribution in [1.29, 1.82) is 0 Å². The quantitative estimate of drug-likeness (QED) is 0.162. The van der Waals surface area contributed by atoms with E-state index in [0.29, 0.717) is 10.6 Å². The highest BCUT2D eigenvalue weighted by molar-refractivity contribution is 7.21. The van der Waals surface area contributed by atoms with Crippen LogP contribution in [-0.4, -0.2) is 30.5 Å². The van der Waals surface area contributed by atoms with E-state index in [0.717, 1.165) is 22.2 Å². The number of carbonyl (C=O) groups is 3. The van der Waals surface area contributed by atoms with Gasteiger partial charge in [0.1, 0.15) is 16.4 Å². The third-order valence-corrected chi connectivity index (χ3v) is 6.41. The first-order valence-electron chi connectivity index (χ1n) is 10.3. The number of thiophene rings is 1. The molecule has 35 heavy (non-hydrogen) atoms. The van der Waals surface area contributed by atoms with Crippen LogP contribution in [0, 0.1) is 5.82 Å². The van der Waals surface area contributed by atoms with Gasteiger partial charge < -0.3 is 10.1 Å². The van der Waals surface area contributed by atoms with Crippen LogP contribution in [0.3, 0.4) is 0 Å². The Kier molecular flexibility index (Phi) is 7.49. The third-order valence-electron chi connectivity index (χ3n) is 4.75. The highest BCUT2D eigenvalue weighted by Crippen LogP contribution is 2.35. The van der Waals surface area contributed by atoms with Gasteiger partial charge in [0.15, 0.2) is 0 Å². The van der Waals surface area contributed by atoms with Crippen molar-refractivity contribution in [2.75, 3.05) is 6.54 Å². The molecule has 10 heteroatoms. The van der Waals surface area contributed by atoms with Crippen LogP contribution in [0.25, 0.3) is 10.1 Å². The minimum Gasteiger partial charge on any atom is -0.422 e. The predicted molar refractivity (Wildman–Crippen MR) is 133 cm³/mol. The average Bonchev–Trinajstić information content (AvgIpc) is 3.20. The normalized spacial score (nSPS) is 10.9. The van der Waals surface area contributed by atoms with Gasteiger partial charge in [-0.05, 0) is 42.5 Å². The van der Waals surface area contributed by atoms with E-state index in [1.165, 1.54) is 29.7 Å². The number of hydrogen-bond donors (Lipinski definition) is 2. The molecule has 3 aromatic carbocycles. The van der Waals surface area contributed by atoms with Gasteiger partial charge in [-0.1, -0.05) is 41.9 Å². The van der Waals surface area contributed by atoms with Crippen LogP contribution in [0.5, 0.6) is 5.75 Å². The van der Waals surface area contributed by atoms with Crippen LogP contribution in [0.1, 0.15) is 25.6 Å². The fourth-order valence-electron chi connectivity index (χ4n) is 3.05. The van der Waals surface area contributed by atoms with Crippen LogP contribution in [0.15, 0.2) is 77.9 Å². The monoisotopic (exact) mass is 509 g/mol. The SMILES string of the molecule is O=C(CNC(=O)c1ccc(F)cc1)N/N=C\c1ccccc1OC(=O)c1sc2ccccc2c1Cl. The van der Waals surface area contributed by atoms with E-state index in [9.17, 15) is 18.8 Å². The van der Waals surface area contributed by atoms with Gasteiger partial charge in [0.25, 0.3) is 11.8 Å². The van der Waals surface area contributed by atoms with E-state index in [1.807, 2.05) is 24.3 Å². The largest absolute Gasteiger partial charge is 0.422 e. The van der Waals surface area contributed by atoms with E-state index in [4.69, 9.17) is 16.3 Å². The van der Waals surface area contributed by atoms with E-state index >= 15 is 0 Å². The second-order valence-electron chi connectivity index (χ2n) is 7.15. The van der Waals surface area contributed by atoms with E-state index in [2.05, 4.69) is 15.8 Å². The molecule has 4 aromatic rings. The zero-order chi connectivity index (χ0) is 24.8. The Morgan fingerprint density at radius 1 is 1.00 bits per heavy atom. The summed E-state index contributed by atoms with van der Waals surface area (Å²) in [6.45, 7) is -0.339. The minimum absolute atomic E-state index is 0.220. The summed E-state index contributed by atoms with van der Waals surface area (Å²) in [4.78, 5) is 37.0. The number of para-hydroxylation sites is 1. The van der Waals surface area contributed by atoms with Crippen molar-refractivity contribution in [3.05, 3.63) is 99.6 Å². The highest BCUT2D eigenvalue weighted by Gasteiger charge is 2.19. The van der Waals surface area contributed by atoms with Crippen molar-refractivity contribution in [2.45, 2.75) is 0 Å². The number of fused-ring (bicyclic) bond motifs is 1. The maximum Gasteiger partial charge on any atom is 0.355 e. The van der Waals surface area contributed by atoms with Gasteiger partial charge in [0, 0.05) is 21.2 Å². The summed E-state index contributed by atoms with van der Waals surface area (Å²) < 4.78 is 19.3. The molecule has 0 bridgehead atoms. The Labute approximate surface area is 208 Å². The lowest BCUT2D eigenvalue weighted by Crippen LogP contribution is -2.34. The standard InChI is InChI=1S/C25H17ClFN3O4S/c26-22-18-6-2-4-8-20(18)35-23(22)25(33)34-19-7-3-1-5-16(19)13-29-30-21(31)14-28-24(32)15-9-11-17(27)12-10-15/h1-13H,14H2,(H,28,32)(H,30,31)/b29-13-. The summed E-state index contributed by atoms with van der Waals surface area (Å²) in [5, 5.41) is 7.37. The third kappa shape index (κ3) is 5.89. The van der Waals surface area contributed by atoms with Gasteiger partial charge in [-0.25, -0.2) is 14.6 Å². The predicted octanol–water partition coefficient (Wildman–Crippen LogP) is 4.79. The first kappa shape index (κ1) is 24.1. The zero-order valence-electron chi connectivity index (χ0n) is 18.0. The van der Waals surface area contributed by atoms with Gasteiger partial charge in [0.05, 0.1) is 17.8 Å². The first-order valence-corrected chi connectivity index (χ1v) is 11.5. The zero-order valence-corrected chi connectivity index (χ0v) is 19.5. The number of benzene rings is 3. The van der Waals surface area contributed by atoms with Crippen LogP contribution >= 0.6 is 22.9 Å². The van der Waals surface area contributed by atoms with Crippen molar-refractivity contribution in [3.8, 4) is 5.75 Å². The molecular weight excluding hydrogens is 493 g/mol. The van der Waals surface area contributed by atoms with Crippen LogP contribution < -0.4 is 15.5 Å². The van der Waals surface area contributed by atoms with Gasteiger partial charge in [0.2, 0.25) is 0 Å². The number of hydrogen-bond acceptors (Lipinski definition) is 6. The lowest BCUT2D eigenvalue weighted by Gasteiger charge is -2.07. The molecule has 0 aliphatic carbocycles. The van der Waals surface area contributed by atoms with Gasteiger partial charge in [-0.2, -0.15) is 5.10 Å². The van der Waals surface area contributed by atoms with Crippen molar-refractivity contribution < 1.29 is 23.5 Å². The Bertz CT molecular complexity index is 1440. The molecule has 0 atom stereocenters. The smallest absolute Gasteiger partial charge is 0.355 e.